The lowest BCUT2D eigenvalue weighted by Gasteiger charge is -2.20. The molecule has 0 radical (unpaired) electrons. The van der Waals surface area contributed by atoms with Gasteiger partial charge in [-0.15, -0.1) is 0 Å². The van der Waals surface area contributed by atoms with Gasteiger partial charge in [0.05, 0.1) is 4.90 Å². The molecule has 3 rings (SSSR count). The highest BCUT2D eigenvalue weighted by molar-refractivity contribution is 7.89. The summed E-state index contributed by atoms with van der Waals surface area (Å²) in [5.41, 5.74) is 3.62. The molecule has 0 unspecified atom stereocenters. The van der Waals surface area contributed by atoms with Gasteiger partial charge in [0.2, 0.25) is 21.8 Å². The summed E-state index contributed by atoms with van der Waals surface area (Å²) in [7, 11) is 0.170. The molecular weight excluding hydrogens is 428 g/mol. The van der Waals surface area contributed by atoms with Crippen LogP contribution in [0, 0.1) is 0 Å². The molecule has 0 saturated carbocycles. The molecule has 1 aliphatic rings. The van der Waals surface area contributed by atoms with Crippen LogP contribution in [0.25, 0.3) is 0 Å². The number of nitrogens with one attached hydrogen (secondary N) is 2. The Morgan fingerprint density at radius 2 is 1.81 bits per heavy atom. The molecule has 1 atom stereocenters. The number of nitrogens with zero attached hydrogens (tertiary/aromatic N) is 2. The van der Waals surface area contributed by atoms with E-state index in [1.807, 2.05) is 50.2 Å². The first-order chi connectivity index (χ1) is 15.1. The maximum atomic E-state index is 12.6. The molecule has 0 spiro atoms. The van der Waals surface area contributed by atoms with Gasteiger partial charge in [-0.2, -0.15) is 0 Å². The molecule has 1 aliphatic heterocycles. The molecule has 1 heterocycles. The van der Waals surface area contributed by atoms with E-state index < -0.39 is 10.0 Å². The van der Waals surface area contributed by atoms with E-state index in [4.69, 9.17) is 0 Å². The zero-order valence-corrected chi connectivity index (χ0v) is 19.7. The largest absolute Gasteiger partial charge is 0.378 e. The van der Waals surface area contributed by atoms with E-state index in [0.29, 0.717) is 13.0 Å². The molecule has 2 N–H and O–H groups in total. The average molecular weight is 459 g/mol. The van der Waals surface area contributed by atoms with Crippen LogP contribution in [0.5, 0.6) is 0 Å². The third kappa shape index (κ3) is 5.46. The van der Waals surface area contributed by atoms with Crippen LogP contribution in [0.1, 0.15) is 31.4 Å². The number of fused-ring (bicyclic) bond motifs is 1. The lowest BCUT2D eigenvalue weighted by molar-refractivity contribution is -0.121. The first-order valence-electron chi connectivity index (χ1n) is 10.5. The van der Waals surface area contributed by atoms with E-state index in [9.17, 15) is 18.0 Å². The number of hydrogen-bond acceptors (Lipinski definition) is 5. The van der Waals surface area contributed by atoms with Gasteiger partial charge in [-0.25, -0.2) is 13.1 Å². The van der Waals surface area contributed by atoms with Crippen LogP contribution in [0.15, 0.2) is 47.4 Å². The van der Waals surface area contributed by atoms with Crippen molar-refractivity contribution in [3.63, 3.8) is 0 Å². The lowest BCUT2D eigenvalue weighted by Crippen LogP contribution is -2.33. The monoisotopic (exact) mass is 458 g/mol. The Hall–Kier alpha value is -2.91. The van der Waals surface area contributed by atoms with Crippen LogP contribution in [0.2, 0.25) is 0 Å². The van der Waals surface area contributed by atoms with Gasteiger partial charge >= 0.3 is 0 Å². The van der Waals surface area contributed by atoms with Crippen LogP contribution >= 0.6 is 0 Å². The molecular formula is C23H30N4O4S. The van der Waals surface area contributed by atoms with Crippen LogP contribution < -0.4 is 19.8 Å². The van der Waals surface area contributed by atoms with Crippen molar-refractivity contribution in [2.24, 2.45) is 0 Å². The van der Waals surface area contributed by atoms with Gasteiger partial charge in [0.25, 0.3) is 0 Å². The normalized spacial score (nSPS) is 15.4. The van der Waals surface area contributed by atoms with Crippen molar-refractivity contribution in [2.75, 3.05) is 30.4 Å². The third-order valence-corrected chi connectivity index (χ3v) is 6.96. The van der Waals surface area contributed by atoms with Crippen molar-refractivity contribution in [1.29, 1.82) is 0 Å². The minimum absolute atomic E-state index is 0.000786. The fraction of sp³-hybridized carbons (Fsp3) is 0.391. The molecule has 0 aromatic heterocycles. The zero-order chi connectivity index (χ0) is 23.5. The third-order valence-electron chi connectivity index (χ3n) is 5.50. The second-order valence-electron chi connectivity index (χ2n) is 8.22. The SMILES string of the molecule is CC(=O)N1c2ccc(S(=O)(=O)NCCC(=O)NCc3ccc(N(C)C)cc3)cc2C[C@H]1C. The average Bonchev–Trinajstić information content (AvgIpc) is 3.07. The summed E-state index contributed by atoms with van der Waals surface area (Å²) < 4.78 is 27.8. The number of carbonyl (C=O) groups excluding carboxylic acids is 2. The highest BCUT2D eigenvalue weighted by atomic mass is 32.2. The topological polar surface area (TPSA) is 98.8 Å². The summed E-state index contributed by atoms with van der Waals surface area (Å²) in [6.45, 7) is 3.82. The Morgan fingerprint density at radius 1 is 1.12 bits per heavy atom. The van der Waals surface area contributed by atoms with E-state index in [2.05, 4.69) is 10.0 Å². The van der Waals surface area contributed by atoms with Gasteiger partial charge in [-0.3, -0.25) is 9.59 Å². The Bertz CT molecular complexity index is 1100. The van der Waals surface area contributed by atoms with Crippen molar-refractivity contribution >= 4 is 33.2 Å². The molecule has 32 heavy (non-hydrogen) atoms. The van der Waals surface area contributed by atoms with Crippen molar-refractivity contribution in [1.82, 2.24) is 10.0 Å². The molecule has 0 bridgehead atoms. The molecule has 2 aromatic rings. The predicted octanol–water partition coefficient (Wildman–Crippen LogP) is 2.03. The van der Waals surface area contributed by atoms with Crippen LogP contribution in [0.3, 0.4) is 0 Å². The maximum Gasteiger partial charge on any atom is 0.240 e. The van der Waals surface area contributed by atoms with Crippen LogP contribution in [0.4, 0.5) is 11.4 Å². The first kappa shape index (κ1) is 23.7. The van der Waals surface area contributed by atoms with E-state index in [0.717, 1.165) is 22.5 Å². The molecule has 0 saturated heterocycles. The highest BCUT2D eigenvalue weighted by Crippen LogP contribution is 2.33. The summed E-state index contributed by atoms with van der Waals surface area (Å²) in [5.74, 6) is -0.297. The molecule has 2 amide bonds. The molecule has 2 aromatic carbocycles. The number of hydrogen-bond donors (Lipinski definition) is 2. The minimum atomic E-state index is -3.75. The molecule has 172 valence electrons. The number of rotatable bonds is 8. The number of anilines is 2. The van der Waals surface area contributed by atoms with Crippen LogP contribution in [-0.2, 0) is 32.6 Å². The zero-order valence-electron chi connectivity index (χ0n) is 18.9. The highest BCUT2D eigenvalue weighted by Gasteiger charge is 2.30. The van der Waals surface area contributed by atoms with Crippen molar-refractivity contribution in [3.05, 3.63) is 53.6 Å². The molecule has 0 aliphatic carbocycles. The Morgan fingerprint density at radius 3 is 2.44 bits per heavy atom. The Balaban J connectivity index is 1.51. The Labute approximate surface area is 189 Å². The molecule has 8 nitrogen and oxygen atoms in total. The number of carbonyl (C=O) groups is 2. The second-order valence-corrected chi connectivity index (χ2v) is 9.99. The van der Waals surface area contributed by atoms with Crippen LogP contribution in [-0.4, -0.2) is 46.9 Å². The van der Waals surface area contributed by atoms with Gasteiger partial charge in [0.15, 0.2) is 0 Å². The summed E-state index contributed by atoms with van der Waals surface area (Å²) >= 11 is 0. The van der Waals surface area contributed by atoms with E-state index in [1.165, 1.54) is 13.0 Å². The van der Waals surface area contributed by atoms with Gasteiger partial charge < -0.3 is 15.1 Å². The van der Waals surface area contributed by atoms with E-state index >= 15 is 0 Å². The summed E-state index contributed by atoms with van der Waals surface area (Å²) in [6.07, 6.45) is 0.644. The number of amides is 2. The summed E-state index contributed by atoms with van der Waals surface area (Å²) in [4.78, 5) is 27.8. The Kier molecular flexibility index (Phi) is 7.20. The fourth-order valence-corrected chi connectivity index (χ4v) is 4.92. The van der Waals surface area contributed by atoms with Crippen molar-refractivity contribution in [3.8, 4) is 0 Å². The smallest absolute Gasteiger partial charge is 0.240 e. The maximum absolute atomic E-state index is 12.6. The van der Waals surface area contributed by atoms with Crippen molar-refractivity contribution < 1.29 is 18.0 Å². The molecule has 9 heteroatoms. The summed E-state index contributed by atoms with van der Waals surface area (Å²) in [6, 6.07) is 12.6. The standard InChI is InChI=1S/C23H30N4O4S/c1-16-13-19-14-21(9-10-22(19)27(16)17(2)28)32(30,31)25-12-11-23(29)24-15-18-5-7-20(8-6-18)26(3)4/h5-10,14,16,25H,11-13,15H2,1-4H3,(H,24,29)/t16-/m1/s1. The van der Waals surface area contributed by atoms with E-state index in [1.54, 1.807) is 17.0 Å². The van der Waals surface area contributed by atoms with Crippen molar-refractivity contribution in [2.45, 2.75) is 44.2 Å². The quantitative estimate of drug-likeness (QED) is 0.631. The fourth-order valence-electron chi connectivity index (χ4n) is 3.84. The summed E-state index contributed by atoms with van der Waals surface area (Å²) in [5, 5.41) is 2.80. The lowest BCUT2D eigenvalue weighted by atomic mass is 10.1. The number of benzene rings is 2. The number of sulfonamides is 1. The second kappa shape index (κ2) is 9.70. The first-order valence-corrected chi connectivity index (χ1v) is 12.0. The van der Waals surface area contributed by atoms with Gasteiger partial charge in [0, 0.05) is 57.9 Å². The van der Waals surface area contributed by atoms with Gasteiger partial charge in [-0.05, 0) is 54.8 Å². The predicted molar refractivity (Wildman–Crippen MR) is 125 cm³/mol. The van der Waals surface area contributed by atoms with Gasteiger partial charge in [-0.1, -0.05) is 12.1 Å². The van der Waals surface area contributed by atoms with E-state index in [-0.39, 0.29) is 35.7 Å². The molecule has 0 fully saturated rings. The van der Waals surface area contributed by atoms with Gasteiger partial charge in [0.1, 0.15) is 0 Å². The minimum Gasteiger partial charge on any atom is -0.378 e.